The number of hydrogen-bond donors (Lipinski definition) is 0. The first-order chi connectivity index (χ1) is 8.74. The summed E-state index contributed by atoms with van der Waals surface area (Å²) in [5, 5.41) is 0.764. The maximum absolute atomic E-state index is 12.0. The number of sulfonamides is 1. The number of rotatable bonds is 7. The number of alkyl halides is 1. The van der Waals surface area contributed by atoms with Crippen LogP contribution in [0.4, 0.5) is 0 Å². The Balaban J connectivity index is 2.45. The molecular weight excluding hydrogens is 358 g/mol. The van der Waals surface area contributed by atoms with Crippen molar-refractivity contribution in [2.75, 3.05) is 42.8 Å². The summed E-state index contributed by atoms with van der Waals surface area (Å²) in [4.78, 5) is 0. The van der Waals surface area contributed by atoms with Crippen molar-refractivity contribution in [2.45, 2.75) is 18.9 Å². The van der Waals surface area contributed by atoms with Gasteiger partial charge in [-0.25, -0.2) is 21.1 Å². The maximum Gasteiger partial charge on any atom is 0.215 e. The lowest BCUT2D eigenvalue weighted by Gasteiger charge is -2.31. The first-order valence-electron chi connectivity index (χ1n) is 6.08. The van der Waals surface area contributed by atoms with Gasteiger partial charge < -0.3 is 4.74 Å². The van der Waals surface area contributed by atoms with E-state index in [0.717, 1.165) is 11.6 Å². The summed E-state index contributed by atoms with van der Waals surface area (Å²) in [5.74, 6) is -0.659. The van der Waals surface area contributed by atoms with Crippen molar-refractivity contribution in [3.63, 3.8) is 0 Å². The average Bonchev–Trinajstić information content (AvgIpc) is 2.34. The summed E-state index contributed by atoms with van der Waals surface area (Å²) >= 11 is 3.27. The highest BCUT2D eigenvalue weighted by Crippen LogP contribution is 2.17. The largest absolute Gasteiger partial charge is 0.377 e. The molecule has 6 nitrogen and oxygen atoms in total. The van der Waals surface area contributed by atoms with E-state index in [0.29, 0.717) is 32.5 Å². The standard InChI is InChI=1S/C10H20BrNO5S2/c1-18(13,14)8-9-19(15,16)12-5-2-10(3-6-12)17-7-4-11/h10H,2-9H2,1H3. The molecule has 0 unspecified atom stereocenters. The number of hydrogen-bond acceptors (Lipinski definition) is 5. The van der Waals surface area contributed by atoms with Gasteiger partial charge in [-0.2, -0.15) is 0 Å². The van der Waals surface area contributed by atoms with Gasteiger partial charge in [-0.3, -0.25) is 0 Å². The SMILES string of the molecule is CS(=O)(=O)CCS(=O)(=O)N1CCC(OCCBr)CC1. The highest BCUT2D eigenvalue weighted by atomic mass is 79.9. The molecule has 0 N–H and O–H groups in total. The van der Waals surface area contributed by atoms with Crippen LogP contribution < -0.4 is 0 Å². The van der Waals surface area contributed by atoms with Crippen molar-refractivity contribution in [1.82, 2.24) is 4.31 Å². The smallest absolute Gasteiger partial charge is 0.215 e. The van der Waals surface area contributed by atoms with Crippen LogP contribution in [0.3, 0.4) is 0 Å². The molecule has 114 valence electrons. The van der Waals surface area contributed by atoms with Crippen LogP contribution in [-0.4, -0.2) is 70.0 Å². The molecule has 0 saturated carbocycles. The lowest BCUT2D eigenvalue weighted by molar-refractivity contribution is 0.0309. The lowest BCUT2D eigenvalue weighted by atomic mass is 10.1. The quantitative estimate of drug-likeness (QED) is 0.593. The summed E-state index contributed by atoms with van der Waals surface area (Å²) in [7, 11) is -6.73. The number of piperidine rings is 1. The summed E-state index contributed by atoms with van der Waals surface area (Å²) in [6.45, 7) is 1.42. The van der Waals surface area contributed by atoms with E-state index >= 15 is 0 Å². The van der Waals surface area contributed by atoms with Gasteiger partial charge >= 0.3 is 0 Å². The Morgan fingerprint density at radius 3 is 2.21 bits per heavy atom. The van der Waals surface area contributed by atoms with Gasteiger partial charge in [0.05, 0.1) is 24.2 Å². The van der Waals surface area contributed by atoms with Crippen molar-refractivity contribution >= 4 is 35.8 Å². The van der Waals surface area contributed by atoms with E-state index in [1.807, 2.05) is 0 Å². The summed E-state index contributed by atoms with van der Waals surface area (Å²) in [5.41, 5.74) is 0. The van der Waals surface area contributed by atoms with Gasteiger partial charge in [0.15, 0.2) is 0 Å². The molecule has 0 atom stereocenters. The van der Waals surface area contributed by atoms with Crippen molar-refractivity contribution in [3.05, 3.63) is 0 Å². The molecule has 0 bridgehead atoms. The fourth-order valence-corrected chi connectivity index (χ4v) is 5.14. The molecule has 1 fully saturated rings. The molecule has 9 heteroatoms. The number of halogens is 1. The fourth-order valence-electron chi connectivity index (χ4n) is 1.87. The predicted octanol–water partition coefficient (Wildman–Crippen LogP) is 0.237. The zero-order chi connectivity index (χ0) is 14.5. The van der Waals surface area contributed by atoms with Crippen LogP contribution in [0.2, 0.25) is 0 Å². The summed E-state index contributed by atoms with van der Waals surface area (Å²) < 4.78 is 52.9. The molecule has 19 heavy (non-hydrogen) atoms. The Labute approximate surface area is 123 Å². The van der Waals surface area contributed by atoms with E-state index in [4.69, 9.17) is 4.74 Å². The lowest BCUT2D eigenvalue weighted by Crippen LogP contribution is -2.42. The van der Waals surface area contributed by atoms with Crippen molar-refractivity contribution in [2.24, 2.45) is 0 Å². The molecule has 0 amide bonds. The molecule has 0 radical (unpaired) electrons. The molecule has 1 aliphatic rings. The highest BCUT2D eigenvalue weighted by Gasteiger charge is 2.28. The minimum Gasteiger partial charge on any atom is -0.377 e. The van der Waals surface area contributed by atoms with Gasteiger partial charge in [-0.1, -0.05) is 15.9 Å². The minimum atomic E-state index is -3.47. The second-order valence-electron chi connectivity index (χ2n) is 4.60. The van der Waals surface area contributed by atoms with Crippen LogP contribution >= 0.6 is 15.9 Å². The Kier molecular flexibility index (Phi) is 6.71. The molecule has 0 aromatic rings. The van der Waals surface area contributed by atoms with Gasteiger partial charge in [0, 0.05) is 24.7 Å². The van der Waals surface area contributed by atoms with Gasteiger partial charge in [-0.05, 0) is 12.8 Å². The van der Waals surface area contributed by atoms with E-state index in [2.05, 4.69) is 15.9 Å². The van der Waals surface area contributed by atoms with Gasteiger partial charge in [0.1, 0.15) is 9.84 Å². The maximum atomic E-state index is 12.0. The van der Waals surface area contributed by atoms with Crippen LogP contribution in [0.25, 0.3) is 0 Å². The number of sulfone groups is 1. The molecule has 1 heterocycles. The molecule has 0 spiro atoms. The molecule has 0 aliphatic carbocycles. The second kappa shape index (κ2) is 7.35. The average molecular weight is 378 g/mol. The van der Waals surface area contributed by atoms with Crippen LogP contribution in [0.15, 0.2) is 0 Å². The predicted molar refractivity (Wildman–Crippen MR) is 77.8 cm³/mol. The topological polar surface area (TPSA) is 80.8 Å². The van der Waals surface area contributed by atoms with Gasteiger partial charge in [0.2, 0.25) is 10.0 Å². The fraction of sp³-hybridized carbons (Fsp3) is 1.00. The summed E-state index contributed by atoms with van der Waals surface area (Å²) in [6, 6.07) is 0. The van der Waals surface area contributed by atoms with E-state index in [-0.39, 0.29) is 17.6 Å². The minimum absolute atomic E-state index is 0.0962. The van der Waals surface area contributed by atoms with E-state index < -0.39 is 19.9 Å². The molecule has 0 aromatic heterocycles. The first-order valence-corrected chi connectivity index (χ1v) is 10.9. The molecule has 1 saturated heterocycles. The van der Waals surface area contributed by atoms with Crippen molar-refractivity contribution in [3.8, 4) is 0 Å². The Bertz CT molecular complexity index is 468. The van der Waals surface area contributed by atoms with E-state index in [9.17, 15) is 16.8 Å². The normalized spacial score (nSPS) is 19.7. The number of nitrogens with zero attached hydrogens (tertiary/aromatic N) is 1. The molecule has 0 aromatic carbocycles. The van der Waals surface area contributed by atoms with E-state index in [1.165, 1.54) is 4.31 Å². The Morgan fingerprint density at radius 2 is 1.74 bits per heavy atom. The molecule has 1 rings (SSSR count). The van der Waals surface area contributed by atoms with Gasteiger partial charge in [0.25, 0.3) is 0 Å². The Hall–Kier alpha value is 0.300. The van der Waals surface area contributed by atoms with Crippen LogP contribution in [0, 0.1) is 0 Å². The van der Waals surface area contributed by atoms with Gasteiger partial charge in [-0.15, -0.1) is 0 Å². The third-order valence-corrected chi connectivity index (χ3v) is 6.34. The van der Waals surface area contributed by atoms with Crippen LogP contribution in [0.5, 0.6) is 0 Å². The van der Waals surface area contributed by atoms with Crippen LogP contribution in [0.1, 0.15) is 12.8 Å². The Morgan fingerprint density at radius 1 is 1.16 bits per heavy atom. The second-order valence-corrected chi connectivity index (χ2v) is 9.75. The van der Waals surface area contributed by atoms with Crippen molar-refractivity contribution in [1.29, 1.82) is 0 Å². The van der Waals surface area contributed by atoms with E-state index in [1.54, 1.807) is 0 Å². The number of ether oxygens (including phenoxy) is 1. The summed E-state index contributed by atoms with van der Waals surface area (Å²) in [6.07, 6.45) is 2.46. The monoisotopic (exact) mass is 377 g/mol. The molecular formula is C10H20BrNO5S2. The first kappa shape index (κ1) is 17.4. The molecule has 1 aliphatic heterocycles. The zero-order valence-electron chi connectivity index (χ0n) is 10.9. The third-order valence-electron chi connectivity index (χ3n) is 2.94. The highest BCUT2D eigenvalue weighted by molar-refractivity contribution is 9.09. The zero-order valence-corrected chi connectivity index (χ0v) is 14.1. The van der Waals surface area contributed by atoms with Crippen molar-refractivity contribution < 1.29 is 21.6 Å². The van der Waals surface area contributed by atoms with Crippen LogP contribution in [-0.2, 0) is 24.6 Å². The third kappa shape index (κ3) is 6.52.